The van der Waals surface area contributed by atoms with Crippen LogP contribution in [0.2, 0.25) is 0 Å². The van der Waals surface area contributed by atoms with Crippen LogP contribution in [0.25, 0.3) is 0 Å². The summed E-state index contributed by atoms with van der Waals surface area (Å²) in [5.74, 6) is 1.52. The molecule has 1 aliphatic rings. The maximum absolute atomic E-state index is 14.3. The lowest BCUT2D eigenvalue weighted by Gasteiger charge is -2.29. The molecule has 4 nitrogen and oxygen atoms in total. The van der Waals surface area contributed by atoms with E-state index in [1.165, 1.54) is 0 Å². The van der Waals surface area contributed by atoms with E-state index in [1.807, 2.05) is 16.7 Å². The van der Waals surface area contributed by atoms with E-state index in [1.54, 1.807) is 12.1 Å². The standard InChI is InChI=1S/C11H13BrFN3OS/c12-9-7(11(14)15-17)1-2-8(10(9)13)16-3-5-18-6-4-16/h1-2,17H,3-6H2,(H2,14,15). The van der Waals surface area contributed by atoms with E-state index in [4.69, 9.17) is 10.9 Å². The fraction of sp³-hybridized carbons (Fsp3) is 0.364. The normalized spacial score (nSPS) is 17.0. The molecule has 1 heterocycles. The molecule has 18 heavy (non-hydrogen) atoms. The van der Waals surface area contributed by atoms with Crippen molar-refractivity contribution in [2.75, 3.05) is 29.5 Å². The highest BCUT2D eigenvalue weighted by molar-refractivity contribution is 9.10. The van der Waals surface area contributed by atoms with Gasteiger partial charge in [-0.2, -0.15) is 11.8 Å². The Labute approximate surface area is 117 Å². The summed E-state index contributed by atoms with van der Waals surface area (Å²) >= 11 is 5.03. The summed E-state index contributed by atoms with van der Waals surface area (Å²) in [7, 11) is 0. The van der Waals surface area contributed by atoms with Crippen LogP contribution in [-0.2, 0) is 0 Å². The Morgan fingerprint density at radius 2 is 2.11 bits per heavy atom. The first-order chi connectivity index (χ1) is 8.65. The monoisotopic (exact) mass is 333 g/mol. The molecule has 3 N–H and O–H groups in total. The van der Waals surface area contributed by atoms with Gasteiger partial charge < -0.3 is 15.8 Å². The number of amidine groups is 1. The highest BCUT2D eigenvalue weighted by Gasteiger charge is 2.19. The first-order valence-corrected chi connectivity index (χ1v) is 7.38. The van der Waals surface area contributed by atoms with Crippen molar-refractivity contribution in [1.82, 2.24) is 0 Å². The van der Waals surface area contributed by atoms with Crippen LogP contribution in [0.4, 0.5) is 10.1 Å². The zero-order chi connectivity index (χ0) is 13.1. The second-order valence-corrected chi connectivity index (χ2v) is 5.86. The molecule has 0 aromatic heterocycles. The molecule has 0 radical (unpaired) electrons. The van der Waals surface area contributed by atoms with Gasteiger partial charge in [-0.15, -0.1) is 0 Å². The van der Waals surface area contributed by atoms with E-state index in [2.05, 4.69) is 21.1 Å². The van der Waals surface area contributed by atoms with Gasteiger partial charge in [0.25, 0.3) is 0 Å². The lowest BCUT2D eigenvalue weighted by molar-refractivity contribution is 0.318. The molecular weight excluding hydrogens is 321 g/mol. The molecule has 0 aliphatic carbocycles. The Bertz CT molecular complexity index is 478. The lowest BCUT2D eigenvalue weighted by Crippen LogP contribution is -2.33. The molecule has 7 heteroatoms. The highest BCUT2D eigenvalue weighted by Crippen LogP contribution is 2.30. The van der Waals surface area contributed by atoms with Crippen LogP contribution in [0, 0.1) is 5.82 Å². The van der Waals surface area contributed by atoms with Gasteiger partial charge in [0.05, 0.1) is 10.2 Å². The molecule has 0 atom stereocenters. The van der Waals surface area contributed by atoms with Crippen LogP contribution < -0.4 is 10.6 Å². The van der Waals surface area contributed by atoms with Crippen molar-refractivity contribution in [1.29, 1.82) is 0 Å². The van der Waals surface area contributed by atoms with Gasteiger partial charge in [0.15, 0.2) is 11.7 Å². The van der Waals surface area contributed by atoms with Crippen molar-refractivity contribution in [3.63, 3.8) is 0 Å². The Hall–Kier alpha value is -0.950. The predicted octanol–water partition coefficient (Wildman–Crippen LogP) is 2.24. The van der Waals surface area contributed by atoms with Crippen LogP contribution in [-0.4, -0.2) is 35.6 Å². The number of rotatable bonds is 2. The number of hydrogen-bond acceptors (Lipinski definition) is 4. The number of benzene rings is 1. The van der Waals surface area contributed by atoms with Crippen LogP contribution >= 0.6 is 27.7 Å². The van der Waals surface area contributed by atoms with E-state index < -0.39 is 0 Å². The fourth-order valence-corrected chi connectivity index (χ4v) is 3.28. The average Bonchev–Trinajstić information content (AvgIpc) is 2.42. The Morgan fingerprint density at radius 3 is 2.72 bits per heavy atom. The molecule has 1 aliphatic heterocycles. The van der Waals surface area contributed by atoms with Crippen LogP contribution in [0.1, 0.15) is 5.56 Å². The van der Waals surface area contributed by atoms with E-state index in [0.717, 1.165) is 24.6 Å². The fourth-order valence-electron chi connectivity index (χ4n) is 1.84. The highest BCUT2D eigenvalue weighted by atomic mass is 79.9. The topological polar surface area (TPSA) is 61.9 Å². The SMILES string of the molecule is N/C(=N/O)c1ccc(N2CCSCC2)c(F)c1Br. The second kappa shape index (κ2) is 5.79. The first kappa shape index (κ1) is 13.5. The third kappa shape index (κ3) is 2.56. The molecule has 0 spiro atoms. The van der Waals surface area contributed by atoms with Crippen molar-refractivity contribution >= 4 is 39.2 Å². The lowest BCUT2D eigenvalue weighted by atomic mass is 10.1. The summed E-state index contributed by atoms with van der Waals surface area (Å²) in [5.41, 5.74) is 6.38. The van der Waals surface area contributed by atoms with E-state index in [-0.39, 0.29) is 16.1 Å². The molecule has 98 valence electrons. The summed E-state index contributed by atoms with van der Waals surface area (Å²) in [6.45, 7) is 1.66. The molecule has 2 rings (SSSR count). The van der Waals surface area contributed by atoms with Crippen molar-refractivity contribution in [3.05, 3.63) is 28.0 Å². The van der Waals surface area contributed by atoms with Crippen molar-refractivity contribution < 1.29 is 9.60 Å². The average molecular weight is 334 g/mol. The second-order valence-electron chi connectivity index (χ2n) is 3.84. The summed E-state index contributed by atoms with van der Waals surface area (Å²) in [6.07, 6.45) is 0. The van der Waals surface area contributed by atoms with Gasteiger partial charge in [-0.3, -0.25) is 0 Å². The number of hydrogen-bond donors (Lipinski definition) is 2. The Morgan fingerprint density at radius 1 is 1.44 bits per heavy atom. The third-order valence-corrected chi connectivity index (χ3v) is 4.52. The number of nitrogens with two attached hydrogens (primary N) is 1. The van der Waals surface area contributed by atoms with Crippen molar-refractivity contribution in [2.45, 2.75) is 0 Å². The largest absolute Gasteiger partial charge is 0.409 e. The maximum atomic E-state index is 14.3. The van der Waals surface area contributed by atoms with Crippen molar-refractivity contribution in [3.8, 4) is 0 Å². The van der Waals surface area contributed by atoms with Gasteiger partial charge in [-0.1, -0.05) is 5.16 Å². The van der Waals surface area contributed by atoms with E-state index in [0.29, 0.717) is 11.3 Å². The Balaban J connectivity index is 2.36. The first-order valence-electron chi connectivity index (χ1n) is 5.43. The maximum Gasteiger partial charge on any atom is 0.171 e. The smallest absolute Gasteiger partial charge is 0.171 e. The van der Waals surface area contributed by atoms with Crippen LogP contribution in [0.3, 0.4) is 0 Å². The minimum absolute atomic E-state index is 0.110. The molecule has 0 saturated carbocycles. The molecule has 1 fully saturated rings. The molecule has 0 unspecified atom stereocenters. The van der Waals surface area contributed by atoms with E-state index in [9.17, 15) is 4.39 Å². The van der Waals surface area contributed by atoms with Gasteiger partial charge in [0, 0.05) is 30.2 Å². The number of nitrogens with zero attached hydrogens (tertiary/aromatic N) is 2. The molecule has 1 saturated heterocycles. The number of thioether (sulfide) groups is 1. The van der Waals surface area contributed by atoms with Gasteiger partial charge >= 0.3 is 0 Å². The number of halogens is 2. The van der Waals surface area contributed by atoms with Crippen LogP contribution in [0.5, 0.6) is 0 Å². The number of oxime groups is 1. The van der Waals surface area contributed by atoms with Crippen LogP contribution in [0.15, 0.2) is 21.8 Å². The summed E-state index contributed by atoms with van der Waals surface area (Å²) in [5, 5.41) is 11.5. The minimum atomic E-state index is -0.369. The zero-order valence-electron chi connectivity index (χ0n) is 9.57. The summed E-state index contributed by atoms with van der Waals surface area (Å²) in [6, 6.07) is 3.32. The quantitative estimate of drug-likeness (QED) is 0.377. The van der Waals surface area contributed by atoms with Gasteiger partial charge in [-0.05, 0) is 28.1 Å². The van der Waals surface area contributed by atoms with Crippen molar-refractivity contribution in [2.24, 2.45) is 10.9 Å². The molecule has 0 bridgehead atoms. The minimum Gasteiger partial charge on any atom is -0.409 e. The predicted molar refractivity (Wildman–Crippen MR) is 76.1 cm³/mol. The zero-order valence-corrected chi connectivity index (χ0v) is 12.0. The molecule has 1 aromatic carbocycles. The summed E-state index contributed by atoms with van der Waals surface area (Å²) < 4.78 is 14.5. The molecule has 0 amide bonds. The molecule has 1 aromatic rings. The van der Waals surface area contributed by atoms with E-state index >= 15 is 0 Å². The van der Waals surface area contributed by atoms with Gasteiger partial charge in [-0.25, -0.2) is 4.39 Å². The number of anilines is 1. The Kier molecular flexibility index (Phi) is 4.34. The molecular formula is C11H13BrFN3OS. The van der Waals surface area contributed by atoms with Gasteiger partial charge in [0.1, 0.15) is 0 Å². The third-order valence-electron chi connectivity index (χ3n) is 2.80. The van der Waals surface area contributed by atoms with Gasteiger partial charge in [0.2, 0.25) is 0 Å². The summed E-state index contributed by atoms with van der Waals surface area (Å²) in [4.78, 5) is 2.01.